The van der Waals surface area contributed by atoms with E-state index in [9.17, 15) is 9.59 Å². The lowest BCUT2D eigenvalue weighted by atomic mass is 9.84. The van der Waals surface area contributed by atoms with Gasteiger partial charge in [-0.25, -0.2) is 4.98 Å². The Morgan fingerprint density at radius 2 is 1.88 bits per heavy atom. The Balaban J connectivity index is 1.42. The molecule has 6 nitrogen and oxygen atoms in total. The third kappa shape index (κ3) is 4.69. The van der Waals surface area contributed by atoms with Gasteiger partial charge in [0, 0.05) is 36.7 Å². The van der Waals surface area contributed by atoms with E-state index in [0.29, 0.717) is 41.6 Å². The van der Waals surface area contributed by atoms with Gasteiger partial charge in [-0.2, -0.15) is 0 Å². The van der Waals surface area contributed by atoms with Gasteiger partial charge < -0.3 is 14.6 Å². The number of amides is 2. The molecule has 0 aliphatic carbocycles. The molecule has 2 heterocycles. The maximum absolute atomic E-state index is 13.1. The second-order valence-corrected chi connectivity index (χ2v) is 8.78. The standard InChI is InChI=1S/C26H31N3O3/c1-4-13-27-24(30)18(3)19-11-14-29(15-12-19)26(31)21-9-10-23-22(16-21)28-25(32-23)20-7-5-17(2)6-8-20/h5-10,16,18-19H,4,11-15H2,1-3H3,(H,27,30). The number of carbonyl (C=O) groups is 2. The largest absolute Gasteiger partial charge is 0.436 e. The van der Waals surface area contributed by atoms with Crippen molar-refractivity contribution in [2.24, 2.45) is 11.8 Å². The molecule has 6 heteroatoms. The Morgan fingerprint density at radius 1 is 1.16 bits per heavy atom. The zero-order valence-corrected chi connectivity index (χ0v) is 19.1. The number of aromatic nitrogens is 1. The molecule has 1 fully saturated rings. The summed E-state index contributed by atoms with van der Waals surface area (Å²) >= 11 is 0. The second kappa shape index (κ2) is 9.55. The van der Waals surface area contributed by atoms with E-state index in [4.69, 9.17) is 4.42 Å². The molecule has 1 aliphatic rings. The molecule has 0 spiro atoms. The summed E-state index contributed by atoms with van der Waals surface area (Å²) in [5.41, 5.74) is 4.06. The zero-order chi connectivity index (χ0) is 22.7. The normalized spacial score (nSPS) is 15.7. The van der Waals surface area contributed by atoms with Gasteiger partial charge in [0.15, 0.2) is 5.58 Å². The summed E-state index contributed by atoms with van der Waals surface area (Å²) in [6.07, 6.45) is 2.63. The fourth-order valence-corrected chi connectivity index (χ4v) is 4.29. The van der Waals surface area contributed by atoms with Gasteiger partial charge in [0.05, 0.1) is 0 Å². The molecule has 1 saturated heterocycles. The monoisotopic (exact) mass is 433 g/mol. The van der Waals surface area contributed by atoms with Crippen molar-refractivity contribution >= 4 is 22.9 Å². The lowest BCUT2D eigenvalue weighted by Gasteiger charge is -2.34. The smallest absolute Gasteiger partial charge is 0.253 e. The first kappa shape index (κ1) is 22.1. The van der Waals surface area contributed by atoms with Crippen LogP contribution in [0.1, 0.15) is 49.0 Å². The molecule has 2 aromatic carbocycles. The van der Waals surface area contributed by atoms with Crippen LogP contribution in [-0.4, -0.2) is 41.3 Å². The number of piperidine rings is 1. The van der Waals surface area contributed by atoms with E-state index in [2.05, 4.69) is 17.2 Å². The fraction of sp³-hybridized carbons (Fsp3) is 0.423. The van der Waals surface area contributed by atoms with Gasteiger partial charge in [-0.1, -0.05) is 31.5 Å². The van der Waals surface area contributed by atoms with Gasteiger partial charge in [0.25, 0.3) is 5.91 Å². The molecule has 3 aromatic rings. The summed E-state index contributed by atoms with van der Waals surface area (Å²) in [6, 6.07) is 13.5. The van der Waals surface area contributed by atoms with E-state index in [1.165, 1.54) is 5.56 Å². The number of nitrogens with one attached hydrogen (secondary N) is 1. The minimum Gasteiger partial charge on any atom is -0.436 e. The molecule has 4 rings (SSSR count). The average Bonchev–Trinajstić information content (AvgIpc) is 3.25. The van der Waals surface area contributed by atoms with Gasteiger partial charge in [-0.3, -0.25) is 9.59 Å². The Hall–Kier alpha value is -3.15. The highest BCUT2D eigenvalue weighted by Crippen LogP contribution is 2.28. The van der Waals surface area contributed by atoms with Crippen LogP contribution in [0.15, 0.2) is 46.9 Å². The first-order valence-corrected chi connectivity index (χ1v) is 11.5. The molecule has 2 amide bonds. The fourth-order valence-electron chi connectivity index (χ4n) is 4.29. The first-order valence-electron chi connectivity index (χ1n) is 11.5. The summed E-state index contributed by atoms with van der Waals surface area (Å²) in [5, 5.41) is 2.99. The van der Waals surface area contributed by atoms with Crippen LogP contribution in [0.5, 0.6) is 0 Å². The van der Waals surface area contributed by atoms with Gasteiger partial charge >= 0.3 is 0 Å². The minimum atomic E-state index is -0.0227. The van der Waals surface area contributed by atoms with E-state index in [0.717, 1.165) is 31.4 Å². The first-order chi connectivity index (χ1) is 15.5. The van der Waals surface area contributed by atoms with Crippen LogP contribution in [0.4, 0.5) is 0 Å². The van der Waals surface area contributed by atoms with Crippen LogP contribution in [0.3, 0.4) is 0 Å². The van der Waals surface area contributed by atoms with Gasteiger partial charge in [-0.05, 0) is 62.4 Å². The van der Waals surface area contributed by atoms with E-state index >= 15 is 0 Å². The highest BCUT2D eigenvalue weighted by Gasteiger charge is 2.30. The van der Waals surface area contributed by atoms with Crippen LogP contribution in [0.25, 0.3) is 22.6 Å². The van der Waals surface area contributed by atoms with Crippen molar-refractivity contribution < 1.29 is 14.0 Å². The summed E-state index contributed by atoms with van der Waals surface area (Å²) in [4.78, 5) is 31.9. The van der Waals surface area contributed by atoms with Crippen molar-refractivity contribution in [1.82, 2.24) is 15.2 Å². The second-order valence-electron chi connectivity index (χ2n) is 8.78. The van der Waals surface area contributed by atoms with E-state index in [1.54, 1.807) is 0 Å². The quantitative estimate of drug-likeness (QED) is 0.605. The van der Waals surface area contributed by atoms with Crippen molar-refractivity contribution in [2.45, 2.75) is 40.0 Å². The highest BCUT2D eigenvalue weighted by atomic mass is 16.3. The van der Waals surface area contributed by atoms with Gasteiger partial charge in [0.1, 0.15) is 5.52 Å². The highest BCUT2D eigenvalue weighted by molar-refractivity contribution is 5.97. The number of likely N-dealkylation sites (tertiary alicyclic amines) is 1. The number of oxazole rings is 1. The van der Waals surface area contributed by atoms with Crippen LogP contribution >= 0.6 is 0 Å². The molecule has 1 unspecified atom stereocenters. The van der Waals surface area contributed by atoms with E-state index in [1.807, 2.05) is 61.2 Å². The molecular weight excluding hydrogens is 402 g/mol. The maximum Gasteiger partial charge on any atom is 0.253 e. The van der Waals surface area contributed by atoms with Crippen LogP contribution < -0.4 is 5.32 Å². The maximum atomic E-state index is 13.1. The summed E-state index contributed by atoms with van der Waals surface area (Å²) in [5.74, 6) is 0.975. The molecule has 1 aliphatic heterocycles. The molecule has 1 atom stereocenters. The minimum absolute atomic E-state index is 0.00771. The van der Waals surface area contributed by atoms with Crippen LogP contribution in [0, 0.1) is 18.8 Å². The average molecular weight is 434 g/mol. The number of aryl methyl sites for hydroxylation is 1. The van der Waals surface area contributed by atoms with Crippen molar-refractivity contribution in [2.75, 3.05) is 19.6 Å². The van der Waals surface area contributed by atoms with E-state index < -0.39 is 0 Å². The molecule has 0 radical (unpaired) electrons. The SMILES string of the molecule is CCCNC(=O)C(C)C1CCN(C(=O)c2ccc3oc(-c4ccc(C)cc4)nc3c2)CC1. The molecule has 168 valence electrons. The van der Waals surface area contributed by atoms with Crippen LogP contribution in [-0.2, 0) is 4.79 Å². The molecule has 1 N–H and O–H groups in total. The zero-order valence-electron chi connectivity index (χ0n) is 19.1. The molecule has 32 heavy (non-hydrogen) atoms. The van der Waals surface area contributed by atoms with Gasteiger partial charge in [0.2, 0.25) is 11.8 Å². The number of fused-ring (bicyclic) bond motifs is 1. The number of carbonyl (C=O) groups excluding carboxylic acids is 2. The molecule has 0 saturated carbocycles. The third-order valence-electron chi connectivity index (χ3n) is 6.43. The van der Waals surface area contributed by atoms with Crippen molar-refractivity contribution in [3.8, 4) is 11.5 Å². The van der Waals surface area contributed by atoms with Crippen molar-refractivity contribution in [3.05, 3.63) is 53.6 Å². The molecular formula is C26H31N3O3. The number of hydrogen-bond donors (Lipinski definition) is 1. The summed E-state index contributed by atoms with van der Waals surface area (Å²) in [6.45, 7) is 8.14. The molecule has 1 aromatic heterocycles. The van der Waals surface area contributed by atoms with Gasteiger partial charge in [-0.15, -0.1) is 0 Å². The lowest BCUT2D eigenvalue weighted by Crippen LogP contribution is -2.42. The predicted octanol–water partition coefficient (Wildman–Crippen LogP) is 4.82. The number of hydrogen-bond acceptors (Lipinski definition) is 4. The predicted molar refractivity (Wildman–Crippen MR) is 125 cm³/mol. The Kier molecular flexibility index (Phi) is 6.58. The number of nitrogens with zero attached hydrogens (tertiary/aromatic N) is 2. The van der Waals surface area contributed by atoms with Crippen molar-refractivity contribution in [1.29, 1.82) is 0 Å². The van der Waals surface area contributed by atoms with E-state index in [-0.39, 0.29) is 17.7 Å². The van der Waals surface area contributed by atoms with Crippen LogP contribution in [0.2, 0.25) is 0 Å². The summed E-state index contributed by atoms with van der Waals surface area (Å²) < 4.78 is 5.89. The number of benzene rings is 2. The lowest BCUT2D eigenvalue weighted by molar-refractivity contribution is -0.126. The third-order valence-corrected chi connectivity index (χ3v) is 6.43. The Morgan fingerprint density at radius 3 is 2.56 bits per heavy atom. The Bertz CT molecular complexity index is 1100. The van der Waals surface area contributed by atoms with Crippen molar-refractivity contribution in [3.63, 3.8) is 0 Å². The topological polar surface area (TPSA) is 75.4 Å². The Labute approximate surface area is 189 Å². The molecule has 0 bridgehead atoms. The summed E-state index contributed by atoms with van der Waals surface area (Å²) in [7, 11) is 0. The number of rotatable bonds is 6.